The molecule has 0 radical (unpaired) electrons. The predicted octanol–water partition coefficient (Wildman–Crippen LogP) is 5.74. The van der Waals surface area contributed by atoms with Crippen molar-refractivity contribution in [2.75, 3.05) is 6.54 Å². The third-order valence-electron chi connectivity index (χ3n) is 5.06. The highest BCUT2D eigenvalue weighted by Crippen LogP contribution is 2.40. The van der Waals surface area contributed by atoms with Crippen molar-refractivity contribution in [3.63, 3.8) is 0 Å². The average molecular weight is 440 g/mol. The first-order chi connectivity index (χ1) is 15.3. The summed E-state index contributed by atoms with van der Waals surface area (Å²) in [7, 11) is 0. The second-order valence-corrected chi connectivity index (χ2v) is 7.31. The minimum absolute atomic E-state index is 0.00914. The lowest BCUT2D eigenvalue weighted by Crippen LogP contribution is -2.17. The summed E-state index contributed by atoms with van der Waals surface area (Å²) >= 11 is 0. The van der Waals surface area contributed by atoms with Crippen LogP contribution in [0.2, 0.25) is 0 Å². The zero-order chi connectivity index (χ0) is 22.7. The second-order valence-electron chi connectivity index (χ2n) is 7.31. The Morgan fingerprint density at radius 3 is 2.50 bits per heavy atom. The van der Waals surface area contributed by atoms with E-state index < -0.39 is 17.7 Å². The summed E-state index contributed by atoms with van der Waals surface area (Å²) in [6, 6.07) is 17.9. The number of hydrogen-bond donors (Lipinski definition) is 2. The quantitative estimate of drug-likeness (QED) is 0.358. The molecule has 0 saturated carbocycles. The number of nitrogens with zero attached hydrogens (tertiary/aromatic N) is 1. The molecule has 0 atom stereocenters. The first kappa shape index (κ1) is 21.6. The number of carboxylic acid groups (broad SMARTS) is 1. The van der Waals surface area contributed by atoms with E-state index in [0.29, 0.717) is 40.9 Å². The van der Waals surface area contributed by atoms with E-state index in [1.807, 2.05) is 0 Å². The number of hydrogen-bond acceptors (Lipinski definition) is 4. The molecule has 164 valence electrons. The van der Waals surface area contributed by atoms with Crippen LogP contribution in [0.1, 0.15) is 17.5 Å². The first-order valence-corrected chi connectivity index (χ1v) is 9.91. The SMILES string of the molecule is O=C(O)CCNCc1ccc2c(-c3ccc(-c4ccccc4)c(C(F)(F)F)c3)noc2c1. The van der Waals surface area contributed by atoms with Crippen molar-refractivity contribution in [2.45, 2.75) is 19.1 Å². The van der Waals surface area contributed by atoms with E-state index in [9.17, 15) is 18.0 Å². The van der Waals surface area contributed by atoms with Gasteiger partial charge in [0.2, 0.25) is 0 Å². The van der Waals surface area contributed by atoms with Crippen molar-refractivity contribution in [2.24, 2.45) is 0 Å². The monoisotopic (exact) mass is 440 g/mol. The molecule has 8 heteroatoms. The van der Waals surface area contributed by atoms with Crippen molar-refractivity contribution in [3.05, 3.63) is 77.9 Å². The molecule has 0 unspecified atom stereocenters. The number of alkyl halides is 3. The molecule has 0 aliphatic rings. The smallest absolute Gasteiger partial charge is 0.417 e. The van der Waals surface area contributed by atoms with E-state index in [1.165, 1.54) is 6.07 Å². The maximum atomic E-state index is 13.8. The van der Waals surface area contributed by atoms with E-state index in [0.717, 1.165) is 11.6 Å². The summed E-state index contributed by atoms with van der Waals surface area (Å²) in [6.45, 7) is 0.756. The van der Waals surface area contributed by atoms with Crippen LogP contribution < -0.4 is 5.32 Å². The molecule has 1 heterocycles. The first-order valence-electron chi connectivity index (χ1n) is 9.91. The van der Waals surface area contributed by atoms with Gasteiger partial charge in [0.25, 0.3) is 0 Å². The van der Waals surface area contributed by atoms with Crippen LogP contribution in [0.3, 0.4) is 0 Å². The van der Waals surface area contributed by atoms with Gasteiger partial charge in [-0.15, -0.1) is 0 Å². The number of aromatic nitrogens is 1. The predicted molar refractivity (Wildman–Crippen MR) is 114 cm³/mol. The van der Waals surface area contributed by atoms with Crippen LogP contribution in [0.25, 0.3) is 33.4 Å². The molecule has 1 aromatic heterocycles. The number of carboxylic acids is 1. The standard InChI is InChI=1S/C24H19F3N2O3/c25-24(26,27)20-13-17(7-9-18(20)16-4-2-1-3-5-16)23-19-8-6-15(12-21(19)32-29-23)14-28-11-10-22(30)31/h1-9,12-13,28H,10-11,14H2,(H,30,31). The number of carbonyl (C=O) groups is 1. The van der Waals surface area contributed by atoms with Crippen LogP contribution in [0.15, 0.2) is 71.3 Å². The Morgan fingerprint density at radius 1 is 1.00 bits per heavy atom. The molecule has 0 aliphatic heterocycles. The van der Waals surface area contributed by atoms with Crippen LogP contribution in [-0.2, 0) is 17.5 Å². The van der Waals surface area contributed by atoms with Crippen LogP contribution in [0, 0.1) is 0 Å². The summed E-state index contributed by atoms with van der Waals surface area (Å²) in [6.07, 6.45) is -4.52. The van der Waals surface area contributed by atoms with E-state index in [2.05, 4.69) is 10.5 Å². The molecular formula is C24H19F3N2O3. The van der Waals surface area contributed by atoms with Gasteiger partial charge >= 0.3 is 12.1 Å². The summed E-state index contributed by atoms with van der Waals surface area (Å²) in [5.74, 6) is -0.885. The van der Waals surface area contributed by atoms with Crippen molar-refractivity contribution >= 4 is 16.9 Å². The fourth-order valence-electron chi connectivity index (χ4n) is 3.52. The molecule has 4 aromatic rings. The van der Waals surface area contributed by atoms with Gasteiger partial charge in [-0.05, 0) is 34.9 Å². The third-order valence-corrected chi connectivity index (χ3v) is 5.06. The van der Waals surface area contributed by atoms with E-state index in [-0.39, 0.29) is 12.0 Å². The Kier molecular flexibility index (Phi) is 5.96. The summed E-state index contributed by atoms with van der Waals surface area (Å²) in [5.41, 5.74) is 1.77. The van der Waals surface area contributed by atoms with Crippen LogP contribution in [0.5, 0.6) is 0 Å². The maximum Gasteiger partial charge on any atom is 0.417 e. The number of halogens is 3. The highest BCUT2D eigenvalue weighted by Gasteiger charge is 2.34. The lowest BCUT2D eigenvalue weighted by Gasteiger charge is -2.14. The third kappa shape index (κ3) is 4.65. The Morgan fingerprint density at radius 2 is 1.78 bits per heavy atom. The number of fused-ring (bicyclic) bond motifs is 1. The zero-order valence-corrected chi connectivity index (χ0v) is 16.8. The lowest BCUT2D eigenvalue weighted by molar-refractivity contribution is -0.137. The van der Waals surface area contributed by atoms with Gasteiger partial charge in [-0.1, -0.05) is 53.7 Å². The largest absolute Gasteiger partial charge is 0.481 e. The van der Waals surface area contributed by atoms with Gasteiger partial charge in [0.1, 0.15) is 5.69 Å². The molecular weight excluding hydrogens is 421 g/mol. The van der Waals surface area contributed by atoms with Gasteiger partial charge in [0.05, 0.1) is 12.0 Å². The highest BCUT2D eigenvalue weighted by molar-refractivity contribution is 5.92. The van der Waals surface area contributed by atoms with Crippen molar-refractivity contribution in [1.29, 1.82) is 0 Å². The number of benzene rings is 3. The number of aliphatic carboxylic acids is 1. The van der Waals surface area contributed by atoms with E-state index in [1.54, 1.807) is 54.6 Å². The maximum absolute atomic E-state index is 13.8. The minimum atomic E-state index is -4.53. The van der Waals surface area contributed by atoms with Gasteiger partial charge < -0.3 is 14.9 Å². The molecule has 3 aromatic carbocycles. The molecule has 32 heavy (non-hydrogen) atoms. The van der Waals surface area contributed by atoms with E-state index >= 15 is 0 Å². The van der Waals surface area contributed by atoms with Gasteiger partial charge in [-0.3, -0.25) is 4.79 Å². The summed E-state index contributed by atoms with van der Waals surface area (Å²) in [5, 5.41) is 16.3. The zero-order valence-electron chi connectivity index (χ0n) is 16.8. The number of rotatable bonds is 7. The molecule has 0 aliphatic carbocycles. The Bertz CT molecular complexity index is 1250. The molecule has 0 bridgehead atoms. The second kappa shape index (κ2) is 8.84. The Labute approximate surface area is 181 Å². The van der Waals surface area contributed by atoms with Crippen LogP contribution in [0.4, 0.5) is 13.2 Å². The van der Waals surface area contributed by atoms with Crippen molar-refractivity contribution in [3.8, 4) is 22.4 Å². The number of nitrogens with one attached hydrogen (secondary N) is 1. The minimum Gasteiger partial charge on any atom is -0.481 e. The van der Waals surface area contributed by atoms with Crippen LogP contribution in [-0.4, -0.2) is 22.8 Å². The summed E-state index contributed by atoms with van der Waals surface area (Å²) < 4.78 is 46.9. The van der Waals surface area contributed by atoms with Crippen molar-refractivity contribution in [1.82, 2.24) is 10.5 Å². The van der Waals surface area contributed by atoms with Crippen molar-refractivity contribution < 1.29 is 27.6 Å². The Hall–Kier alpha value is -3.65. The molecule has 2 N–H and O–H groups in total. The molecule has 5 nitrogen and oxygen atoms in total. The molecule has 0 amide bonds. The fraction of sp³-hybridized carbons (Fsp3) is 0.167. The van der Waals surface area contributed by atoms with E-state index in [4.69, 9.17) is 9.63 Å². The molecule has 0 saturated heterocycles. The van der Waals surface area contributed by atoms with Gasteiger partial charge in [0.15, 0.2) is 5.58 Å². The Balaban J connectivity index is 1.66. The fourth-order valence-corrected chi connectivity index (χ4v) is 3.52. The highest BCUT2D eigenvalue weighted by atomic mass is 19.4. The van der Waals surface area contributed by atoms with Gasteiger partial charge in [-0.2, -0.15) is 13.2 Å². The normalized spacial score (nSPS) is 11.7. The summed E-state index contributed by atoms with van der Waals surface area (Å²) in [4.78, 5) is 10.6. The van der Waals surface area contributed by atoms with Gasteiger partial charge in [0, 0.05) is 24.0 Å². The topological polar surface area (TPSA) is 75.4 Å². The van der Waals surface area contributed by atoms with Gasteiger partial charge in [-0.25, -0.2) is 0 Å². The van der Waals surface area contributed by atoms with Crippen LogP contribution >= 0.6 is 0 Å². The average Bonchev–Trinajstić information content (AvgIpc) is 3.19. The lowest BCUT2D eigenvalue weighted by atomic mass is 9.95. The molecule has 4 rings (SSSR count). The molecule has 0 spiro atoms. The molecule has 0 fully saturated rings.